The largest absolute Gasteiger partial charge is 0.805 e. The van der Waals surface area contributed by atoms with Gasteiger partial charge < -0.3 is 9.94 Å². The average Bonchev–Trinajstić information content (AvgIpc) is 2.34. The van der Waals surface area contributed by atoms with Gasteiger partial charge in [-0.2, -0.15) is 0 Å². The third-order valence-corrected chi connectivity index (χ3v) is 3.88. The first kappa shape index (κ1) is 13.1. The summed E-state index contributed by atoms with van der Waals surface area (Å²) in [5, 5.41) is 11.7. The van der Waals surface area contributed by atoms with E-state index in [4.69, 9.17) is 23.8 Å². The van der Waals surface area contributed by atoms with Crippen LogP contribution in [0.5, 0.6) is 0 Å². The molecule has 0 saturated heterocycles. The van der Waals surface area contributed by atoms with Crippen LogP contribution in [-0.4, -0.2) is 4.73 Å². The summed E-state index contributed by atoms with van der Waals surface area (Å²) in [5.41, 5.74) is 4.51. The molecule has 4 heteroatoms. The molecule has 2 aromatic rings. The molecule has 1 aromatic carbocycles. The van der Waals surface area contributed by atoms with Crippen LogP contribution in [-0.2, 0) is 6.42 Å². The highest BCUT2D eigenvalue weighted by molar-refractivity contribution is 7.71. The summed E-state index contributed by atoms with van der Waals surface area (Å²) in [5.74, 6) is 0. The molecule has 18 heavy (non-hydrogen) atoms. The van der Waals surface area contributed by atoms with Crippen LogP contribution in [0.1, 0.15) is 22.3 Å². The molecule has 0 fully saturated rings. The number of pyridine rings is 1. The van der Waals surface area contributed by atoms with Crippen LogP contribution in [0.25, 0.3) is 0 Å². The number of nitrogens with zero attached hydrogens (tertiary/aromatic N) is 1. The normalized spacial score (nSPS) is 10.6. The molecule has 1 heterocycles. The zero-order chi connectivity index (χ0) is 13.3. The molecule has 1 aromatic heterocycles. The molecule has 0 spiro atoms. The molecule has 0 amide bonds. The highest BCUT2D eigenvalue weighted by Gasteiger charge is 2.06. The van der Waals surface area contributed by atoms with Gasteiger partial charge in [0.1, 0.15) is 4.64 Å². The molecule has 2 rings (SSSR count). The summed E-state index contributed by atoms with van der Waals surface area (Å²) in [6.45, 7) is 4.12. The Bertz CT molecular complexity index is 649. The molecule has 0 unspecified atom stereocenters. The fourth-order valence-corrected chi connectivity index (χ4v) is 2.27. The van der Waals surface area contributed by atoms with Gasteiger partial charge in [0.25, 0.3) is 0 Å². The van der Waals surface area contributed by atoms with Crippen molar-refractivity contribution in [1.29, 1.82) is 0 Å². The quantitative estimate of drug-likeness (QED) is 0.761. The topological polar surface area (TPSA) is 28.0 Å². The fourth-order valence-electron chi connectivity index (χ4n) is 1.87. The molecular formula is C14H13ClNOS-. The zero-order valence-corrected chi connectivity index (χ0v) is 11.8. The predicted molar refractivity (Wildman–Crippen MR) is 77.8 cm³/mol. The molecule has 0 bridgehead atoms. The Morgan fingerprint density at radius 1 is 1.22 bits per heavy atom. The molecule has 0 aliphatic heterocycles. The molecule has 0 atom stereocenters. The highest BCUT2D eigenvalue weighted by Crippen LogP contribution is 2.22. The number of halogens is 1. The summed E-state index contributed by atoms with van der Waals surface area (Å²) in [7, 11) is 0. The average molecular weight is 279 g/mol. The van der Waals surface area contributed by atoms with Crippen LogP contribution >= 0.6 is 23.8 Å². The maximum Gasteiger partial charge on any atom is 0.120 e. The molecular weight excluding hydrogens is 266 g/mol. The number of aromatic nitrogens is 1. The minimum atomic E-state index is 0.138. The Balaban J connectivity index is 2.43. The molecule has 0 saturated carbocycles. The van der Waals surface area contributed by atoms with E-state index in [1.807, 2.05) is 0 Å². The van der Waals surface area contributed by atoms with E-state index in [9.17, 15) is 5.21 Å². The predicted octanol–water partition coefficient (Wildman–Crippen LogP) is 4.42. The number of aryl methyl sites for hydroxylation is 2. The molecule has 0 N–H and O–H groups in total. The maximum absolute atomic E-state index is 11.3. The Kier molecular flexibility index (Phi) is 3.73. The lowest BCUT2D eigenvalue weighted by Crippen LogP contribution is -1.98. The standard InChI is InChI=1S/C14H13ClNOS/c1-9-3-4-10(2)12(7-9)8-11-5-6-16(17)14(18)13(11)15/h3-7H,8H2,1-2H3/q-1. The van der Waals surface area contributed by atoms with Crippen molar-refractivity contribution >= 4 is 23.8 Å². The van der Waals surface area contributed by atoms with Gasteiger partial charge in [0.05, 0.1) is 5.02 Å². The van der Waals surface area contributed by atoms with Gasteiger partial charge in [-0.3, -0.25) is 0 Å². The summed E-state index contributed by atoms with van der Waals surface area (Å²) >= 11 is 11.1. The first-order valence-corrected chi connectivity index (χ1v) is 6.41. The van der Waals surface area contributed by atoms with Crippen molar-refractivity contribution < 1.29 is 0 Å². The van der Waals surface area contributed by atoms with E-state index in [0.717, 1.165) is 5.56 Å². The lowest BCUT2D eigenvalue weighted by molar-refractivity contribution is 1.01. The van der Waals surface area contributed by atoms with Gasteiger partial charge in [0.2, 0.25) is 0 Å². The highest BCUT2D eigenvalue weighted by atomic mass is 35.5. The Hall–Kier alpha value is -1.32. The van der Waals surface area contributed by atoms with Crippen molar-refractivity contribution in [2.24, 2.45) is 0 Å². The second-order valence-corrected chi connectivity index (χ2v) is 5.16. The minimum Gasteiger partial charge on any atom is -0.805 e. The van der Waals surface area contributed by atoms with Crippen LogP contribution in [0.3, 0.4) is 0 Å². The van der Waals surface area contributed by atoms with Crippen molar-refractivity contribution in [2.45, 2.75) is 20.3 Å². The molecule has 94 valence electrons. The fraction of sp³-hybridized carbons (Fsp3) is 0.214. The maximum atomic E-state index is 11.3. The van der Waals surface area contributed by atoms with Gasteiger partial charge in [0.15, 0.2) is 0 Å². The van der Waals surface area contributed by atoms with Crippen molar-refractivity contribution in [2.75, 3.05) is 0 Å². The van der Waals surface area contributed by atoms with Gasteiger partial charge in [-0.15, -0.1) is 0 Å². The third kappa shape index (κ3) is 2.57. The summed E-state index contributed by atoms with van der Waals surface area (Å²) in [6, 6.07) is 8.03. The van der Waals surface area contributed by atoms with Crippen LogP contribution < -0.4 is 0 Å². The van der Waals surface area contributed by atoms with Crippen molar-refractivity contribution in [3.05, 3.63) is 67.6 Å². The van der Waals surface area contributed by atoms with Crippen molar-refractivity contribution in [3.8, 4) is 0 Å². The third-order valence-electron chi connectivity index (χ3n) is 2.97. The first-order valence-electron chi connectivity index (χ1n) is 5.62. The molecule has 2 nitrogen and oxygen atoms in total. The number of hydrogen-bond acceptors (Lipinski definition) is 2. The van der Waals surface area contributed by atoms with E-state index in [0.29, 0.717) is 16.2 Å². The van der Waals surface area contributed by atoms with Crippen LogP contribution in [0.15, 0.2) is 30.5 Å². The Labute approximate surface area is 116 Å². The summed E-state index contributed by atoms with van der Waals surface area (Å²) in [6.07, 6.45) is 2.10. The number of benzene rings is 1. The molecule has 0 aliphatic rings. The lowest BCUT2D eigenvalue weighted by atomic mass is 9.99. The minimum absolute atomic E-state index is 0.138. The van der Waals surface area contributed by atoms with Gasteiger partial charge in [-0.25, -0.2) is 0 Å². The lowest BCUT2D eigenvalue weighted by Gasteiger charge is -2.14. The summed E-state index contributed by atoms with van der Waals surface area (Å²) < 4.78 is 0.754. The monoisotopic (exact) mass is 278 g/mol. The number of hydrogen-bond donors (Lipinski definition) is 0. The molecule has 0 radical (unpaired) electrons. The van der Waals surface area contributed by atoms with Gasteiger partial charge >= 0.3 is 0 Å². The van der Waals surface area contributed by atoms with E-state index < -0.39 is 0 Å². The van der Waals surface area contributed by atoms with E-state index >= 15 is 0 Å². The van der Waals surface area contributed by atoms with Crippen LogP contribution in [0.4, 0.5) is 0 Å². The number of rotatable bonds is 2. The second-order valence-electron chi connectivity index (χ2n) is 4.39. The van der Waals surface area contributed by atoms with Crippen LogP contribution in [0.2, 0.25) is 5.02 Å². The zero-order valence-electron chi connectivity index (χ0n) is 10.2. The van der Waals surface area contributed by atoms with Gasteiger partial charge in [-0.05, 0) is 49.2 Å². The van der Waals surface area contributed by atoms with Crippen molar-refractivity contribution in [3.63, 3.8) is 0 Å². The van der Waals surface area contributed by atoms with E-state index in [1.165, 1.54) is 22.9 Å². The SMILES string of the molecule is Cc1ccc(C)c(Cc2ccn([O-])c(=S)c2Cl)c1. The van der Waals surface area contributed by atoms with Gasteiger partial charge in [-0.1, -0.05) is 47.6 Å². The Morgan fingerprint density at radius 3 is 2.67 bits per heavy atom. The van der Waals surface area contributed by atoms with E-state index in [-0.39, 0.29) is 4.64 Å². The smallest absolute Gasteiger partial charge is 0.120 e. The van der Waals surface area contributed by atoms with Gasteiger partial charge in [0, 0.05) is 0 Å². The first-order chi connectivity index (χ1) is 8.49. The second kappa shape index (κ2) is 5.12. The van der Waals surface area contributed by atoms with E-state index in [1.54, 1.807) is 6.07 Å². The Morgan fingerprint density at radius 2 is 1.94 bits per heavy atom. The van der Waals surface area contributed by atoms with Crippen LogP contribution in [0, 0.1) is 23.7 Å². The van der Waals surface area contributed by atoms with E-state index in [2.05, 4.69) is 32.0 Å². The summed E-state index contributed by atoms with van der Waals surface area (Å²) in [4.78, 5) is 0. The van der Waals surface area contributed by atoms with Crippen molar-refractivity contribution in [1.82, 2.24) is 4.73 Å². The molecule has 0 aliphatic carbocycles.